The Morgan fingerprint density at radius 2 is 1.76 bits per heavy atom. The normalized spacial score (nSPS) is 20.4. The highest BCUT2D eigenvalue weighted by molar-refractivity contribution is 5.90. The topological polar surface area (TPSA) is 84.9 Å². The molecule has 9 heteroatoms. The molecule has 2 atom stereocenters. The van der Waals surface area contributed by atoms with Crippen molar-refractivity contribution < 1.29 is 14.2 Å². The number of morpholine rings is 2. The molecule has 2 fully saturated rings. The van der Waals surface area contributed by atoms with E-state index in [1.165, 1.54) is 0 Å². The maximum atomic E-state index is 5.96. The second-order valence-electron chi connectivity index (χ2n) is 10.7. The van der Waals surface area contributed by atoms with E-state index in [0.29, 0.717) is 30.7 Å². The van der Waals surface area contributed by atoms with Crippen molar-refractivity contribution in [2.75, 3.05) is 62.8 Å². The van der Waals surface area contributed by atoms with Crippen molar-refractivity contribution in [2.24, 2.45) is 5.92 Å². The average molecular weight is 521 g/mol. The molecule has 1 aromatic carbocycles. The second kappa shape index (κ2) is 11.8. The van der Waals surface area contributed by atoms with Gasteiger partial charge in [0, 0.05) is 43.9 Å². The van der Waals surface area contributed by atoms with Crippen molar-refractivity contribution in [2.45, 2.75) is 46.4 Å². The number of benzene rings is 1. The van der Waals surface area contributed by atoms with E-state index in [1.807, 2.05) is 6.07 Å². The van der Waals surface area contributed by atoms with Crippen LogP contribution in [0.5, 0.6) is 5.75 Å². The molecule has 2 aliphatic heterocycles. The predicted octanol–water partition coefficient (Wildman–Crippen LogP) is 3.90. The summed E-state index contributed by atoms with van der Waals surface area (Å²) in [7, 11) is 1.72. The van der Waals surface area contributed by atoms with Crippen LogP contribution in [-0.4, -0.2) is 80.2 Å². The molecule has 0 unspecified atom stereocenters. The molecule has 0 aliphatic carbocycles. The van der Waals surface area contributed by atoms with Crippen LogP contribution in [0.15, 0.2) is 30.3 Å². The zero-order valence-corrected chi connectivity index (χ0v) is 23.2. The lowest BCUT2D eigenvalue weighted by Crippen LogP contribution is -2.46. The predicted molar refractivity (Wildman–Crippen MR) is 151 cm³/mol. The number of aromatic nitrogens is 3. The van der Waals surface area contributed by atoms with Gasteiger partial charge in [0.05, 0.1) is 43.6 Å². The average Bonchev–Trinajstić information content (AvgIpc) is 2.92. The maximum Gasteiger partial charge on any atom is 0.229 e. The summed E-state index contributed by atoms with van der Waals surface area (Å²) in [6.07, 6.45) is 0.234. The number of anilines is 2. The first-order chi connectivity index (χ1) is 18.4. The van der Waals surface area contributed by atoms with Gasteiger partial charge in [0.15, 0.2) is 5.65 Å². The number of pyridine rings is 1. The molecular formula is C29H40N6O3. The monoisotopic (exact) mass is 520 g/mol. The summed E-state index contributed by atoms with van der Waals surface area (Å²) < 4.78 is 17.2. The number of ether oxygens (including phenoxy) is 3. The van der Waals surface area contributed by atoms with E-state index in [4.69, 9.17) is 29.2 Å². The van der Waals surface area contributed by atoms with Crippen molar-refractivity contribution >= 4 is 22.8 Å². The van der Waals surface area contributed by atoms with E-state index in [-0.39, 0.29) is 12.2 Å². The number of rotatable bonds is 8. The van der Waals surface area contributed by atoms with Crippen LogP contribution in [-0.2, 0) is 16.0 Å². The van der Waals surface area contributed by atoms with Crippen LogP contribution in [0.3, 0.4) is 0 Å². The van der Waals surface area contributed by atoms with E-state index in [1.54, 1.807) is 7.11 Å². The molecule has 2 saturated heterocycles. The smallest absolute Gasteiger partial charge is 0.229 e. The zero-order chi connectivity index (χ0) is 26.6. The van der Waals surface area contributed by atoms with Crippen molar-refractivity contribution in [1.82, 2.24) is 20.3 Å². The van der Waals surface area contributed by atoms with Gasteiger partial charge in [-0.05, 0) is 56.6 Å². The van der Waals surface area contributed by atoms with Crippen LogP contribution in [0, 0.1) is 5.92 Å². The number of hydrogen-bond acceptors (Lipinski definition) is 9. The molecule has 38 heavy (non-hydrogen) atoms. The minimum absolute atomic E-state index is 0.117. The van der Waals surface area contributed by atoms with Crippen LogP contribution < -0.4 is 19.9 Å². The third-order valence-corrected chi connectivity index (χ3v) is 6.99. The van der Waals surface area contributed by atoms with Crippen molar-refractivity contribution in [3.05, 3.63) is 35.9 Å². The molecule has 5 rings (SSSR count). The highest BCUT2D eigenvalue weighted by Crippen LogP contribution is 2.31. The number of nitrogens with one attached hydrogen (secondary N) is 1. The van der Waals surface area contributed by atoms with Gasteiger partial charge in [-0.2, -0.15) is 9.97 Å². The first-order valence-corrected chi connectivity index (χ1v) is 13.7. The SMILES string of the molecule is COc1ccc(-c2ccc3c(N4CCOCC4)nc(N4C[C@@H](C)O[C@@H](C)C4)nc3n2)cc1CNCC(C)C. The Kier molecular flexibility index (Phi) is 8.26. The van der Waals surface area contributed by atoms with Gasteiger partial charge in [0.1, 0.15) is 11.6 Å². The summed E-state index contributed by atoms with van der Waals surface area (Å²) in [6.45, 7) is 14.8. The van der Waals surface area contributed by atoms with Crippen molar-refractivity contribution in [3.8, 4) is 17.0 Å². The molecule has 1 N–H and O–H groups in total. The fourth-order valence-corrected chi connectivity index (χ4v) is 5.21. The number of methoxy groups -OCH3 is 1. The summed E-state index contributed by atoms with van der Waals surface area (Å²) >= 11 is 0. The van der Waals surface area contributed by atoms with Crippen LogP contribution in [0.4, 0.5) is 11.8 Å². The van der Waals surface area contributed by atoms with Gasteiger partial charge in [-0.1, -0.05) is 13.8 Å². The molecule has 9 nitrogen and oxygen atoms in total. The van der Waals surface area contributed by atoms with Gasteiger partial charge < -0.3 is 29.3 Å². The lowest BCUT2D eigenvalue weighted by atomic mass is 10.1. The zero-order valence-electron chi connectivity index (χ0n) is 23.2. The van der Waals surface area contributed by atoms with E-state index in [9.17, 15) is 0 Å². The molecule has 2 aromatic heterocycles. The van der Waals surface area contributed by atoms with E-state index < -0.39 is 0 Å². The minimum atomic E-state index is 0.117. The fraction of sp³-hybridized carbons (Fsp3) is 0.552. The molecule has 3 aromatic rings. The molecule has 0 saturated carbocycles. The fourth-order valence-electron chi connectivity index (χ4n) is 5.21. The highest BCUT2D eigenvalue weighted by Gasteiger charge is 2.26. The molecule has 204 valence electrons. The third-order valence-electron chi connectivity index (χ3n) is 6.99. The van der Waals surface area contributed by atoms with E-state index in [2.05, 4.69) is 67.1 Å². The van der Waals surface area contributed by atoms with Crippen molar-refractivity contribution in [1.29, 1.82) is 0 Å². The van der Waals surface area contributed by atoms with Gasteiger partial charge in [-0.25, -0.2) is 4.98 Å². The maximum absolute atomic E-state index is 5.96. The highest BCUT2D eigenvalue weighted by atomic mass is 16.5. The molecule has 0 spiro atoms. The lowest BCUT2D eigenvalue weighted by molar-refractivity contribution is -0.00570. The Morgan fingerprint density at radius 3 is 2.47 bits per heavy atom. The summed E-state index contributed by atoms with van der Waals surface area (Å²) in [6, 6.07) is 10.4. The van der Waals surface area contributed by atoms with Gasteiger partial charge in [0.2, 0.25) is 5.95 Å². The molecule has 2 aliphatic rings. The Balaban J connectivity index is 1.54. The quantitative estimate of drug-likeness (QED) is 0.475. The third kappa shape index (κ3) is 6.00. The first-order valence-electron chi connectivity index (χ1n) is 13.7. The van der Waals surface area contributed by atoms with Gasteiger partial charge in [-0.3, -0.25) is 0 Å². The summed E-state index contributed by atoms with van der Waals surface area (Å²) in [5, 5.41) is 4.49. The molecule has 0 bridgehead atoms. The van der Waals surface area contributed by atoms with Gasteiger partial charge in [0.25, 0.3) is 0 Å². The summed E-state index contributed by atoms with van der Waals surface area (Å²) in [5.74, 6) is 3.09. The van der Waals surface area contributed by atoms with Gasteiger partial charge in [-0.15, -0.1) is 0 Å². The number of hydrogen-bond donors (Lipinski definition) is 1. The van der Waals surface area contributed by atoms with Crippen LogP contribution in [0.1, 0.15) is 33.3 Å². The van der Waals surface area contributed by atoms with Gasteiger partial charge >= 0.3 is 0 Å². The molecular weight excluding hydrogens is 480 g/mol. The summed E-state index contributed by atoms with van der Waals surface area (Å²) in [4.78, 5) is 19.6. The Labute approximate surface area is 225 Å². The van der Waals surface area contributed by atoms with Crippen LogP contribution in [0.25, 0.3) is 22.3 Å². The molecule has 4 heterocycles. The largest absolute Gasteiger partial charge is 0.496 e. The Bertz CT molecular complexity index is 1240. The molecule has 0 amide bonds. The summed E-state index contributed by atoms with van der Waals surface area (Å²) in [5.41, 5.74) is 3.74. The van der Waals surface area contributed by atoms with Crippen LogP contribution in [0.2, 0.25) is 0 Å². The number of nitrogens with zero attached hydrogens (tertiary/aromatic N) is 5. The van der Waals surface area contributed by atoms with Crippen molar-refractivity contribution in [3.63, 3.8) is 0 Å². The standard InChI is InChI=1S/C29H40N6O3/c1-19(2)15-30-16-23-14-22(6-9-26(23)36-5)25-8-7-24-27(31-25)32-29(35-17-20(3)38-21(4)18-35)33-28(24)34-10-12-37-13-11-34/h6-9,14,19-21,30H,10-13,15-18H2,1-5H3/t20-,21+. The van der Waals surface area contributed by atoms with E-state index >= 15 is 0 Å². The molecule has 0 radical (unpaired) electrons. The first kappa shape index (κ1) is 26.6. The minimum Gasteiger partial charge on any atom is -0.496 e. The van der Waals surface area contributed by atoms with E-state index in [0.717, 1.165) is 73.0 Å². The Morgan fingerprint density at radius 1 is 1.00 bits per heavy atom. The lowest BCUT2D eigenvalue weighted by Gasteiger charge is -2.36. The number of fused-ring (bicyclic) bond motifs is 1. The van der Waals surface area contributed by atoms with Crippen LogP contribution >= 0.6 is 0 Å². The Hall–Kier alpha value is -3.01. The second-order valence-corrected chi connectivity index (χ2v) is 10.7.